The fraction of sp³-hybridized carbons (Fsp3) is 0.350. The highest BCUT2D eigenvalue weighted by molar-refractivity contribution is 8.26. The van der Waals surface area contributed by atoms with Gasteiger partial charge in [0.15, 0.2) is 0 Å². The van der Waals surface area contributed by atoms with Gasteiger partial charge in [0, 0.05) is 36.8 Å². The summed E-state index contributed by atoms with van der Waals surface area (Å²) in [7, 11) is 2.03. The number of nitrogens with zero attached hydrogens (tertiary/aromatic N) is 2. The summed E-state index contributed by atoms with van der Waals surface area (Å²) in [5.74, 6) is -1.02. The first-order valence-electron chi connectivity index (χ1n) is 8.74. The zero-order valence-corrected chi connectivity index (χ0v) is 17.2. The summed E-state index contributed by atoms with van der Waals surface area (Å²) in [6.07, 6.45) is 4.23. The maximum Gasteiger partial charge on any atom is 0.303 e. The molecule has 2 heterocycles. The Morgan fingerprint density at radius 1 is 1.30 bits per heavy atom. The summed E-state index contributed by atoms with van der Waals surface area (Å²) in [4.78, 5) is 27.5. The number of carbonyl (C=O) groups excluding carboxylic acids is 1. The van der Waals surface area contributed by atoms with E-state index in [1.54, 1.807) is 0 Å². The lowest BCUT2D eigenvalue weighted by Gasteiger charge is -2.23. The van der Waals surface area contributed by atoms with Gasteiger partial charge in [0.1, 0.15) is 4.32 Å². The molecule has 27 heavy (non-hydrogen) atoms. The summed E-state index contributed by atoms with van der Waals surface area (Å²) in [6.45, 7) is 4.68. The molecule has 142 valence electrons. The molecule has 0 radical (unpaired) electrons. The minimum Gasteiger partial charge on any atom is -0.481 e. The molecule has 2 aliphatic heterocycles. The predicted molar refractivity (Wildman–Crippen MR) is 113 cm³/mol. The van der Waals surface area contributed by atoms with Crippen molar-refractivity contribution in [2.75, 3.05) is 18.5 Å². The third-order valence-corrected chi connectivity index (χ3v) is 6.37. The molecule has 0 bridgehead atoms. The lowest BCUT2D eigenvalue weighted by Crippen LogP contribution is -2.29. The lowest BCUT2D eigenvalue weighted by molar-refractivity contribution is -0.137. The standard InChI is InChI=1S/C20H22N2O3S2/c1-20(2)13-7-4-5-8-14(13)21(3)16(20)11-10-15-18(25)22(19(26)27-15)12-6-9-17(23)24/h4-5,7-8,10-11H,6,9,12H2,1-3H3,(H,23,24)/b15-10+,16-11-. The largest absolute Gasteiger partial charge is 0.481 e. The fourth-order valence-corrected chi connectivity index (χ4v) is 4.80. The monoisotopic (exact) mass is 402 g/mol. The molecule has 7 heteroatoms. The van der Waals surface area contributed by atoms with Gasteiger partial charge in [-0.05, 0) is 30.2 Å². The van der Waals surface area contributed by atoms with E-state index in [2.05, 4.69) is 30.9 Å². The Kier molecular flexibility index (Phi) is 5.44. The molecule has 1 aromatic rings. The third kappa shape index (κ3) is 3.66. The minimum absolute atomic E-state index is 0.0252. The smallest absolute Gasteiger partial charge is 0.303 e. The van der Waals surface area contributed by atoms with Crippen LogP contribution in [0.5, 0.6) is 0 Å². The maximum atomic E-state index is 12.6. The number of hydrogen-bond donors (Lipinski definition) is 1. The molecule has 1 N–H and O–H groups in total. The number of rotatable bonds is 5. The van der Waals surface area contributed by atoms with Crippen molar-refractivity contribution in [3.8, 4) is 0 Å². The molecular weight excluding hydrogens is 380 g/mol. The van der Waals surface area contributed by atoms with Crippen molar-refractivity contribution in [2.24, 2.45) is 0 Å². The summed E-state index contributed by atoms with van der Waals surface area (Å²) >= 11 is 6.56. The second-order valence-electron chi connectivity index (χ2n) is 7.11. The number of fused-ring (bicyclic) bond motifs is 1. The Bertz CT molecular complexity index is 874. The second-order valence-corrected chi connectivity index (χ2v) is 8.78. The van der Waals surface area contributed by atoms with E-state index in [-0.39, 0.29) is 17.7 Å². The molecule has 0 aromatic heterocycles. The Morgan fingerprint density at radius 3 is 2.67 bits per heavy atom. The topological polar surface area (TPSA) is 60.9 Å². The zero-order valence-electron chi connectivity index (χ0n) is 15.6. The first-order chi connectivity index (χ1) is 12.7. The number of allylic oxidation sites excluding steroid dienone is 3. The number of likely N-dealkylation sites (N-methyl/N-ethyl adjacent to an activating group) is 1. The molecule has 0 aliphatic carbocycles. The van der Waals surface area contributed by atoms with Gasteiger partial charge in [0.05, 0.1) is 4.91 Å². The number of carboxylic acid groups (broad SMARTS) is 1. The molecule has 1 aromatic carbocycles. The first kappa shape index (κ1) is 19.6. The van der Waals surface area contributed by atoms with Gasteiger partial charge >= 0.3 is 5.97 Å². The predicted octanol–water partition coefficient (Wildman–Crippen LogP) is 3.91. The van der Waals surface area contributed by atoms with Gasteiger partial charge in [-0.2, -0.15) is 0 Å². The van der Waals surface area contributed by atoms with Crippen LogP contribution in [0.1, 0.15) is 32.3 Å². The molecule has 5 nitrogen and oxygen atoms in total. The van der Waals surface area contributed by atoms with Crippen LogP contribution in [0.4, 0.5) is 5.69 Å². The summed E-state index contributed by atoms with van der Waals surface area (Å²) in [6, 6.07) is 8.30. The average molecular weight is 403 g/mol. The molecule has 1 amide bonds. The highest BCUT2D eigenvalue weighted by Gasteiger charge is 2.38. The van der Waals surface area contributed by atoms with E-state index in [0.717, 1.165) is 5.70 Å². The summed E-state index contributed by atoms with van der Waals surface area (Å²) < 4.78 is 0.484. The van der Waals surface area contributed by atoms with E-state index < -0.39 is 5.97 Å². The Balaban J connectivity index is 1.81. The SMILES string of the molecule is CN1/C(=C\C=C2\SC(=S)N(CCCC(=O)O)C2=O)C(C)(C)c2ccccc21. The number of amides is 1. The number of para-hydroxylation sites is 1. The Morgan fingerprint density at radius 2 is 2.00 bits per heavy atom. The van der Waals surface area contributed by atoms with Crippen molar-refractivity contribution in [1.82, 2.24) is 4.90 Å². The number of thioether (sulfide) groups is 1. The van der Waals surface area contributed by atoms with Gasteiger partial charge in [-0.3, -0.25) is 14.5 Å². The van der Waals surface area contributed by atoms with Crippen molar-refractivity contribution >= 4 is 45.9 Å². The van der Waals surface area contributed by atoms with Crippen LogP contribution in [0.3, 0.4) is 0 Å². The summed E-state index contributed by atoms with van der Waals surface area (Å²) in [5, 5.41) is 8.76. The average Bonchev–Trinajstić information content (AvgIpc) is 2.98. The van der Waals surface area contributed by atoms with Gasteiger partial charge in [0.2, 0.25) is 0 Å². The molecule has 0 atom stereocenters. The third-order valence-electron chi connectivity index (χ3n) is 4.98. The van der Waals surface area contributed by atoms with E-state index >= 15 is 0 Å². The molecule has 0 unspecified atom stereocenters. The van der Waals surface area contributed by atoms with E-state index in [9.17, 15) is 9.59 Å². The number of carboxylic acids is 1. The van der Waals surface area contributed by atoms with Crippen molar-refractivity contribution < 1.29 is 14.7 Å². The number of benzene rings is 1. The minimum atomic E-state index is -0.869. The number of aliphatic carboxylic acids is 1. The van der Waals surface area contributed by atoms with Gasteiger partial charge in [0.25, 0.3) is 5.91 Å². The molecule has 1 fully saturated rings. The molecule has 2 aliphatic rings. The normalized spacial score (nSPS) is 21.4. The van der Waals surface area contributed by atoms with Crippen molar-refractivity contribution in [1.29, 1.82) is 0 Å². The molecule has 0 spiro atoms. The van der Waals surface area contributed by atoms with Crippen LogP contribution < -0.4 is 4.90 Å². The van der Waals surface area contributed by atoms with Crippen LogP contribution in [-0.4, -0.2) is 39.8 Å². The maximum absolute atomic E-state index is 12.6. The number of anilines is 1. The molecule has 3 rings (SSSR count). The molecule has 1 saturated heterocycles. The summed E-state index contributed by atoms with van der Waals surface area (Å²) in [5.41, 5.74) is 3.38. The van der Waals surface area contributed by atoms with E-state index in [4.69, 9.17) is 17.3 Å². The quantitative estimate of drug-likeness (QED) is 0.595. The molecular formula is C20H22N2O3S2. The number of hydrogen-bond acceptors (Lipinski definition) is 5. The number of carbonyl (C=O) groups is 2. The lowest BCUT2D eigenvalue weighted by atomic mass is 9.84. The first-order valence-corrected chi connectivity index (χ1v) is 9.97. The van der Waals surface area contributed by atoms with Crippen LogP contribution in [0, 0.1) is 0 Å². The van der Waals surface area contributed by atoms with Gasteiger partial charge in [-0.1, -0.05) is 56.0 Å². The van der Waals surface area contributed by atoms with Crippen LogP contribution in [-0.2, 0) is 15.0 Å². The second kappa shape index (κ2) is 7.48. The molecule has 0 saturated carbocycles. The van der Waals surface area contributed by atoms with Crippen molar-refractivity contribution in [2.45, 2.75) is 32.1 Å². The fourth-order valence-electron chi connectivity index (χ4n) is 3.55. The van der Waals surface area contributed by atoms with Crippen LogP contribution in [0.25, 0.3) is 0 Å². The Labute approximate surface area is 168 Å². The van der Waals surface area contributed by atoms with Crippen molar-refractivity contribution in [3.05, 3.63) is 52.6 Å². The highest BCUT2D eigenvalue weighted by atomic mass is 32.2. The van der Waals surface area contributed by atoms with E-state index in [1.165, 1.54) is 27.9 Å². The Hall–Kier alpha value is -2.12. The number of thiocarbonyl (C=S) groups is 1. The van der Waals surface area contributed by atoms with Crippen LogP contribution in [0.2, 0.25) is 0 Å². The highest BCUT2D eigenvalue weighted by Crippen LogP contribution is 2.46. The zero-order chi connectivity index (χ0) is 19.8. The van der Waals surface area contributed by atoms with Gasteiger partial charge in [-0.15, -0.1) is 0 Å². The van der Waals surface area contributed by atoms with Gasteiger partial charge < -0.3 is 10.0 Å². The van der Waals surface area contributed by atoms with E-state index in [0.29, 0.717) is 22.2 Å². The van der Waals surface area contributed by atoms with Gasteiger partial charge in [-0.25, -0.2) is 0 Å². The van der Waals surface area contributed by atoms with Crippen molar-refractivity contribution in [3.63, 3.8) is 0 Å². The van der Waals surface area contributed by atoms with Crippen LogP contribution in [0.15, 0.2) is 47.0 Å². The van der Waals surface area contributed by atoms with Crippen LogP contribution >= 0.6 is 24.0 Å². The van der Waals surface area contributed by atoms with E-state index in [1.807, 2.05) is 31.3 Å².